The van der Waals surface area contributed by atoms with Gasteiger partial charge < -0.3 is 14.8 Å². The highest BCUT2D eigenvalue weighted by Gasteiger charge is 2.15. The molecule has 1 aromatic rings. The Morgan fingerprint density at radius 1 is 1.30 bits per heavy atom. The minimum Gasteiger partial charge on any atom is -0.477 e. The lowest BCUT2D eigenvalue weighted by molar-refractivity contribution is 0.0490. The number of nitrogens with zero attached hydrogens (tertiary/aromatic N) is 1. The van der Waals surface area contributed by atoms with Crippen molar-refractivity contribution in [3.8, 4) is 5.88 Å². The predicted octanol–water partition coefficient (Wildman–Crippen LogP) is 2.78. The van der Waals surface area contributed by atoms with Gasteiger partial charge in [-0.3, -0.25) is 0 Å². The molecule has 0 unspecified atom stereocenters. The molecule has 1 aliphatic rings. The van der Waals surface area contributed by atoms with Crippen molar-refractivity contribution in [1.82, 2.24) is 10.3 Å². The average Bonchev–Trinajstić information content (AvgIpc) is 2.44. The monoisotopic (exact) mass is 278 g/mol. The van der Waals surface area contributed by atoms with Gasteiger partial charge in [0, 0.05) is 31.4 Å². The third-order valence-electron chi connectivity index (χ3n) is 3.39. The lowest BCUT2D eigenvalue weighted by atomic mass is 10.0. The van der Waals surface area contributed by atoms with E-state index in [1.807, 2.05) is 18.2 Å². The smallest absolute Gasteiger partial charge is 0.213 e. The summed E-state index contributed by atoms with van der Waals surface area (Å²) < 4.78 is 11.2. The molecule has 0 saturated carbocycles. The molecule has 2 rings (SSSR count). The molecule has 4 nitrogen and oxygen atoms in total. The van der Waals surface area contributed by atoms with Crippen molar-refractivity contribution in [3.05, 3.63) is 23.9 Å². The second-order valence-corrected chi connectivity index (χ2v) is 6.44. The maximum Gasteiger partial charge on any atom is 0.213 e. The van der Waals surface area contributed by atoms with Crippen LogP contribution in [0.3, 0.4) is 0 Å². The van der Waals surface area contributed by atoms with Crippen LogP contribution >= 0.6 is 0 Å². The van der Waals surface area contributed by atoms with Crippen molar-refractivity contribution in [2.24, 2.45) is 5.92 Å². The predicted molar refractivity (Wildman–Crippen MR) is 79.9 cm³/mol. The first kappa shape index (κ1) is 15.3. The average molecular weight is 278 g/mol. The summed E-state index contributed by atoms with van der Waals surface area (Å²) in [5.41, 5.74) is 1.12. The van der Waals surface area contributed by atoms with E-state index >= 15 is 0 Å². The van der Waals surface area contributed by atoms with Crippen LogP contribution < -0.4 is 10.1 Å². The molecule has 0 spiro atoms. The molecule has 4 heteroatoms. The molecule has 1 aromatic heterocycles. The number of hydrogen-bond donors (Lipinski definition) is 1. The Labute approximate surface area is 121 Å². The minimum atomic E-state index is 0.0979. The summed E-state index contributed by atoms with van der Waals surface area (Å²) in [6.45, 7) is 9.67. The molecular weight excluding hydrogens is 252 g/mol. The van der Waals surface area contributed by atoms with Gasteiger partial charge in [0.2, 0.25) is 5.88 Å². The van der Waals surface area contributed by atoms with Crippen LogP contribution in [0.4, 0.5) is 0 Å². The van der Waals surface area contributed by atoms with Crippen molar-refractivity contribution in [2.45, 2.75) is 45.7 Å². The Morgan fingerprint density at radius 3 is 2.75 bits per heavy atom. The summed E-state index contributed by atoms with van der Waals surface area (Å²) in [6.07, 6.45) is 2.18. The van der Waals surface area contributed by atoms with Crippen LogP contribution in [0, 0.1) is 5.92 Å². The van der Waals surface area contributed by atoms with E-state index in [0.717, 1.165) is 50.8 Å². The topological polar surface area (TPSA) is 43.4 Å². The summed E-state index contributed by atoms with van der Waals surface area (Å²) in [7, 11) is 0. The maximum atomic E-state index is 5.82. The van der Waals surface area contributed by atoms with Gasteiger partial charge >= 0.3 is 0 Å². The SMILES string of the molecule is CC(C)(C)NCc1cccc(OCC2CCOCC2)n1. The van der Waals surface area contributed by atoms with Crippen molar-refractivity contribution in [3.63, 3.8) is 0 Å². The van der Waals surface area contributed by atoms with E-state index in [2.05, 4.69) is 31.1 Å². The number of pyridine rings is 1. The zero-order valence-electron chi connectivity index (χ0n) is 12.8. The number of nitrogens with one attached hydrogen (secondary N) is 1. The van der Waals surface area contributed by atoms with Crippen LogP contribution in [-0.2, 0) is 11.3 Å². The summed E-state index contributed by atoms with van der Waals surface area (Å²) >= 11 is 0. The van der Waals surface area contributed by atoms with Gasteiger partial charge in [-0.1, -0.05) is 6.07 Å². The summed E-state index contributed by atoms with van der Waals surface area (Å²) in [5, 5.41) is 3.44. The quantitative estimate of drug-likeness (QED) is 0.899. The zero-order valence-corrected chi connectivity index (χ0v) is 12.8. The highest BCUT2D eigenvalue weighted by molar-refractivity contribution is 5.16. The highest BCUT2D eigenvalue weighted by atomic mass is 16.5. The fourth-order valence-electron chi connectivity index (χ4n) is 2.11. The molecular formula is C16H26N2O2. The Balaban J connectivity index is 1.82. The van der Waals surface area contributed by atoms with Crippen LogP contribution in [-0.4, -0.2) is 30.3 Å². The maximum absolute atomic E-state index is 5.82. The number of ether oxygens (including phenoxy) is 2. The molecule has 2 heterocycles. The van der Waals surface area contributed by atoms with Gasteiger partial charge in [-0.2, -0.15) is 0 Å². The van der Waals surface area contributed by atoms with Crippen molar-refractivity contribution in [1.29, 1.82) is 0 Å². The fourth-order valence-corrected chi connectivity index (χ4v) is 2.11. The number of rotatable bonds is 5. The molecule has 0 aromatic carbocycles. The third kappa shape index (κ3) is 5.47. The molecule has 1 N–H and O–H groups in total. The van der Waals surface area contributed by atoms with E-state index < -0.39 is 0 Å². The van der Waals surface area contributed by atoms with Crippen LogP contribution in [0.2, 0.25) is 0 Å². The molecule has 0 amide bonds. The van der Waals surface area contributed by atoms with Gasteiger partial charge in [0.1, 0.15) is 0 Å². The molecule has 1 aliphatic heterocycles. The summed E-state index contributed by atoms with van der Waals surface area (Å²) in [5.74, 6) is 1.33. The van der Waals surface area contributed by atoms with Crippen molar-refractivity contribution < 1.29 is 9.47 Å². The van der Waals surface area contributed by atoms with Crippen LogP contribution in [0.1, 0.15) is 39.3 Å². The van der Waals surface area contributed by atoms with E-state index in [1.165, 1.54) is 0 Å². The van der Waals surface area contributed by atoms with Gasteiger partial charge in [-0.25, -0.2) is 4.98 Å². The zero-order chi connectivity index (χ0) is 14.4. The van der Waals surface area contributed by atoms with Gasteiger partial charge in [0.15, 0.2) is 0 Å². The van der Waals surface area contributed by atoms with Crippen LogP contribution in [0.5, 0.6) is 5.88 Å². The molecule has 0 aliphatic carbocycles. The van der Waals surface area contributed by atoms with Gasteiger partial charge in [0.25, 0.3) is 0 Å². The molecule has 0 bridgehead atoms. The Hall–Kier alpha value is -1.13. The van der Waals surface area contributed by atoms with Gasteiger partial charge in [-0.15, -0.1) is 0 Å². The standard InChI is InChI=1S/C16H26N2O2/c1-16(2,3)17-11-14-5-4-6-15(18-14)20-12-13-7-9-19-10-8-13/h4-6,13,17H,7-12H2,1-3H3. The first-order valence-corrected chi connectivity index (χ1v) is 7.44. The molecule has 1 saturated heterocycles. The summed E-state index contributed by atoms with van der Waals surface area (Å²) in [6, 6.07) is 5.96. The van der Waals surface area contributed by atoms with E-state index in [1.54, 1.807) is 0 Å². The van der Waals surface area contributed by atoms with Crippen LogP contribution in [0.25, 0.3) is 0 Å². The lowest BCUT2D eigenvalue weighted by Gasteiger charge is -2.22. The van der Waals surface area contributed by atoms with Crippen molar-refractivity contribution >= 4 is 0 Å². The van der Waals surface area contributed by atoms with E-state index in [9.17, 15) is 0 Å². The minimum absolute atomic E-state index is 0.0979. The number of hydrogen-bond acceptors (Lipinski definition) is 4. The Kier molecular flexibility index (Phi) is 5.38. The molecule has 0 radical (unpaired) electrons. The van der Waals surface area contributed by atoms with Gasteiger partial charge in [-0.05, 0) is 45.6 Å². The Bertz CT molecular complexity index is 409. The lowest BCUT2D eigenvalue weighted by Crippen LogP contribution is -2.35. The molecule has 1 fully saturated rings. The first-order valence-electron chi connectivity index (χ1n) is 7.44. The highest BCUT2D eigenvalue weighted by Crippen LogP contribution is 2.17. The third-order valence-corrected chi connectivity index (χ3v) is 3.39. The molecule has 0 atom stereocenters. The second-order valence-electron chi connectivity index (χ2n) is 6.44. The largest absolute Gasteiger partial charge is 0.477 e. The van der Waals surface area contributed by atoms with E-state index in [0.29, 0.717) is 5.92 Å². The normalized spacial score (nSPS) is 17.1. The second kappa shape index (κ2) is 7.04. The molecule has 20 heavy (non-hydrogen) atoms. The number of aromatic nitrogens is 1. The summed E-state index contributed by atoms with van der Waals surface area (Å²) in [4.78, 5) is 4.54. The van der Waals surface area contributed by atoms with Gasteiger partial charge in [0.05, 0.1) is 12.3 Å². The molecule has 112 valence electrons. The Morgan fingerprint density at radius 2 is 2.05 bits per heavy atom. The van der Waals surface area contributed by atoms with E-state index in [4.69, 9.17) is 9.47 Å². The first-order chi connectivity index (χ1) is 9.53. The fraction of sp³-hybridized carbons (Fsp3) is 0.688. The van der Waals surface area contributed by atoms with Crippen molar-refractivity contribution in [2.75, 3.05) is 19.8 Å². The van der Waals surface area contributed by atoms with Crippen LogP contribution in [0.15, 0.2) is 18.2 Å². The van der Waals surface area contributed by atoms with E-state index in [-0.39, 0.29) is 5.54 Å².